The Kier molecular flexibility index (Phi) is 5.88. The number of hydrogen-bond acceptors (Lipinski definition) is 2. The number of benzene rings is 1. The Morgan fingerprint density at radius 3 is 2.59 bits per heavy atom. The topological polar surface area (TPSA) is 55.1 Å². The lowest BCUT2D eigenvalue weighted by atomic mass is 10.1. The molecule has 0 spiro atoms. The molecule has 1 aromatic rings. The summed E-state index contributed by atoms with van der Waals surface area (Å²) >= 11 is 5.52. The van der Waals surface area contributed by atoms with Gasteiger partial charge in [0.1, 0.15) is 5.82 Å². The van der Waals surface area contributed by atoms with Crippen molar-refractivity contribution in [3.05, 3.63) is 34.6 Å². The zero-order valence-electron chi connectivity index (χ0n) is 9.59. The summed E-state index contributed by atoms with van der Waals surface area (Å²) < 4.78 is 13.1. The van der Waals surface area contributed by atoms with Crippen molar-refractivity contribution in [3.63, 3.8) is 0 Å². The maximum absolute atomic E-state index is 13.1. The molecule has 96 valence electrons. The molecule has 1 aromatic carbocycles. The molecule has 0 aliphatic heterocycles. The number of rotatable bonds is 3. The van der Waals surface area contributed by atoms with Gasteiger partial charge in [0.25, 0.3) is 5.91 Å². The third kappa shape index (κ3) is 4.50. The minimum Gasteiger partial charge on any atom is -0.346 e. The number of nitrogens with one attached hydrogen (secondary N) is 1. The summed E-state index contributed by atoms with van der Waals surface area (Å²) in [5, 5.41) is 2.69. The quantitative estimate of drug-likeness (QED) is 0.893. The summed E-state index contributed by atoms with van der Waals surface area (Å²) in [6.07, 6.45) is 0. The van der Waals surface area contributed by atoms with E-state index in [9.17, 15) is 9.18 Å². The van der Waals surface area contributed by atoms with Crippen LogP contribution in [0.3, 0.4) is 0 Å². The van der Waals surface area contributed by atoms with E-state index in [-0.39, 0.29) is 28.9 Å². The van der Waals surface area contributed by atoms with Gasteiger partial charge < -0.3 is 11.1 Å². The zero-order valence-corrected chi connectivity index (χ0v) is 11.2. The first-order chi connectivity index (χ1) is 7.35. The van der Waals surface area contributed by atoms with Crippen molar-refractivity contribution in [1.82, 2.24) is 5.32 Å². The third-order valence-corrected chi connectivity index (χ3v) is 2.45. The van der Waals surface area contributed by atoms with Crippen LogP contribution in [0.4, 0.5) is 4.39 Å². The van der Waals surface area contributed by atoms with Crippen molar-refractivity contribution >= 4 is 29.9 Å². The summed E-state index contributed by atoms with van der Waals surface area (Å²) in [6, 6.07) is 3.92. The SMILES string of the molecule is CC(C)(CN)NC(=O)c1ccc(Cl)c(F)c1.Cl. The van der Waals surface area contributed by atoms with Crippen LogP contribution in [0.25, 0.3) is 0 Å². The third-order valence-electron chi connectivity index (χ3n) is 2.14. The van der Waals surface area contributed by atoms with Gasteiger partial charge >= 0.3 is 0 Å². The number of nitrogens with two attached hydrogens (primary N) is 1. The summed E-state index contributed by atoms with van der Waals surface area (Å²) in [7, 11) is 0. The second kappa shape index (κ2) is 6.19. The van der Waals surface area contributed by atoms with E-state index < -0.39 is 11.4 Å². The standard InChI is InChI=1S/C11H14ClFN2O.ClH/c1-11(2,6-14)15-10(16)7-3-4-8(12)9(13)5-7;/h3-5H,6,14H2,1-2H3,(H,15,16);1H. The van der Waals surface area contributed by atoms with Crippen LogP contribution in [0.2, 0.25) is 5.02 Å². The Morgan fingerprint density at radius 2 is 2.12 bits per heavy atom. The molecule has 0 bridgehead atoms. The number of carbonyl (C=O) groups is 1. The van der Waals surface area contributed by atoms with E-state index in [4.69, 9.17) is 17.3 Å². The summed E-state index contributed by atoms with van der Waals surface area (Å²) in [5.74, 6) is -0.981. The molecule has 0 aliphatic rings. The molecule has 0 aromatic heterocycles. The largest absolute Gasteiger partial charge is 0.346 e. The van der Waals surface area contributed by atoms with Crippen LogP contribution in [0, 0.1) is 5.82 Å². The van der Waals surface area contributed by atoms with Gasteiger partial charge in [-0.1, -0.05) is 11.6 Å². The first-order valence-corrected chi connectivity index (χ1v) is 5.21. The molecule has 0 atom stereocenters. The summed E-state index contributed by atoms with van der Waals surface area (Å²) in [5.41, 5.74) is 5.18. The fourth-order valence-corrected chi connectivity index (χ4v) is 1.19. The summed E-state index contributed by atoms with van der Waals surface area (Å²) in [4.78, 5) is 11.7. The zero-order chi connectivity index (χ0) is 12.3. The molecule has 0 saturated heterocycles. The van der Waals surface area contributed by atoms with E-state index in [0.29, 0.717) is 6.54 Å². The van der Waals surface area contributed by atoms with Gasteiger partial charge in [0.05, 0.1) is 5.02 Å². The number of hydrogen-bond donors (Lipinski definition) is 2. The first-order valence-electron chi connectivity index (χ1n) is 4.83. The fraction of sp³-hybridized carbons (Fsp3) is 0.364. The Bertz CT molecular complexity index is 410. The molecular formula is C11H15Cl2FN2O. The maximum Gasteiger partial charge on any atom is 0.251 e. The van der Waals surface area contributed by atoms with E-state index in [1.807, 2.05) is 0 Å². The van der Waals surface area contributed by atoms with Gasteiger partial charge in [0, 0.05) is 17.6 Å². The van der Waals surface area contributed by atoms with E-state index >= 15 is 0 Å². The average molecular weight is 281 g/mol. The normalized spacial score (nSPS) is 10.6. The Hall–Kier alpha value is -0.840. The van der Waals surface area contributed by atoms with E-state index in [1.165, 1.54) is 12.1 Å². The van der Waals surface area contributed by atoms with Crippen molar-refractivity contribution in [2.45, 2.75) is 19.4 Å². The molecule has 1 amide bonds. The van der Waals surface area contributed by atoms with Crippen LogP contribution >= 0.6 is 24.0 Å². The smallest absolute Gasteiger partial charge is 0.251 e. The number of halogens is 3. The molecule has 0 aliphatic carbocycles. The van der Waals surface area contributed by atoms with E-state index in [0.717, 1.165) is 6.07 Å². The van der Waals surface area contributed by atoms with E-state index in [1.54, 1.807) is 13.8 Å². The van der Waals surface area contributed by atoms with Crippen LogP contribution in [-0.4, -0.2) is 18.0 Å². The highest BCUT2D eigenvalue weighted by molar-refractivity contribution is 6.30. The molecule has 3 N–H and O–H groups in total. The number of carbonyl (C=O) groups excluding carboxylic acids is 1. The molecular weight excluding hydrogens is 266 g/mol. The molecule has 0 heterocycles. The highest BCUT2D eigenvalue weighted by atomic mass is 35.5. The van der Waals surface area contributed by atoms with Crippen molar-refractivity contribution in [3.8, 4) is 0 Å². The molecule has 6 heteroatoms. The van der Waals surface area contributed by atoms with Crippen molar-refractivity contribution < 1.29 is 9.18 Å². The van der Waals surface area contributed by atoms with Crippen LogP contribution in [-0.2, 0) is 0 Å². The highest BCUT2D eigenvalue weighted by Gasteiger charge is 2.19. The van der Waals surface area contributed by atoms with Gasteiger partial charge in [-0.05, 0) is 32.0 Å². The van der Waals surface area contributed by atoms with Gasteiger partial charge in [-0.25, -0.2) is 4.39 Å². The second-order valence-corrected chi connectivity index (χ2v) is 4.58. The molecule has 17 heavy (non-hydrogen) atoms. The van der Waals surface area contributed by atoms with Crippen LogP contribution < -0.4 is 11.1 Å². The molecule has 3 nitrogen and oxygen atoms in total. The van der Waals surface area contributed by atoms with Crippen LogP contribution in [0.15, 0.2) is 18.2 Å². The van der Waals surface area contributed by atoms with Crippen LogP contribution in [0.1, 0.15) is 24.2 Å². The molecule has 0 radical (unpaired) electrons. The molecule has 0 saturated carbocycles. The predicted molar refractivity (Wildman–Crippen MR) is 69.3 cm³/mol. The highest BCUT2D eigenvalue weighted by Crippen LogP contribution is 2.16. The summed E-state index contributed by atoms with van der Waals surface area (Å²) in [6.45, 7) is 3.88. The first kappa shape index (κ1) is 16.2. The van der Waals surface area contributed by atoms with Crippen molar-refractivity contribution in [2.75, 3.05) is 6.54 Å². The van der Waals surface area contributed by atoms with Crippen molar-refractivity contribution in [2.24, 2.45) is 5.73 Å². The van der Waals surface area contributed by atoms with Gasteiger partial charge in [0.2, 0.25) is 0 Å². The molecule has 0 unspecified atom stereocenters. The monoisotopic (exact) mass is 280 g/mol. The molecule has 0 fully saturated rings. The van der Waals surface area contributed by atoms with Gasteiger partial charge in [-0.2, -0.15) is 0 Å². The Labute approximate surface area is 111 Å². The van der Waals surface area contributed by atoms with Crippen molar-refractivity contribution in [1.29, 1.82) is 0 Å². The minimum absolute atomic E-state index is 0. The second-order valence-electron chi connectivity index (χ2n) is 4.17. The van der Waals surface area contributed by atoms with E-state index in [2.05, 4.69) is 5.32 Å². The lowest BCUT2D eigenvalue weighted by Gasteiger charge is -2.24. The van der Waals surface area contributed by atoms with Gasteiger partial charge in [-0.15, -0.1) is 12.4 Å². The number of amides is 1. The van der Waals surface area contributed by atoms with Gasteiger partial charge in [-0.3, -0.25) is 4.79 Å². The Morgan fingerprint density at radius 1 is 1.53 bits per heavy atom. The molecule has 1 rings (SSSR count). The fourth-order valence-electron chi connectivity index (χ4n) is 1.07. The Balaban J connectivity index is 0.00000256. The van der Waals surface area contributed by atoms with Crippen LogP contribution in [0.5, 0.6) is 0 Å². The average Bonchev–Trinajstić information content (AvgIpc) is 2.21. The predicted octanol–water partition coefficient (Wildman–Crippen LogP) is 2.37. The maximum atomic E-state index is 13.1. The minimum atomic E-state index is -0.611. The lowest BCUT2D eigenvalue weighted by Crippen LogP contribution is -2.48. The van der Waals surface area contributed by atoms with Gasteiger partial charge in [0.15, 0.2) is 0 Å². The lowest BCUT2D eigenvalue weighted by molar-refractivity contribution is 0.0915.